The molecule has 176 valence electrons. The summed E-state index contributed by atoms with van der Waals surface area (Å²) < 4.78 is 16.5. The Labute approximate surface area is 207 Å². The Hall–Kier alpha value is -3.55. The molecule has 0 unspecified atom stereocenters. The number of carbonyl (C=O) groups excluding carboxylic acids is 2. The number of para-hydroxylation sites is 1. The van der Waals surface area contributed by atoms with Gasteiger partial charge < -0.3 is 14.2 Å². The lowest BCUT2D eigenvalue weighted by molar-refractivity contribution is -0.123. The molecular weight excluding hydrogens is 479 g/mol. The van der Waals surface area contributed by atoms with E-state index >= 15 is 0 Å². The molecule has 34 heavy (non-hydrogen) atoms. The maximum atomic E-state index is 12.5. The molecule has 0 aliphatic heterocycles. The average molecular weight is 501 g/mol. The average Bonchev–Trinajstić information content (AvgIpc) is 2.80. The van der Waals surface area contributed by atoms with Crippen molar-refractivity contribution in [1.82, 2.24) is 5.43 Å². The van der Waals surface area contributed by atoms with E-state index in [1.54, 1.807) is 37.3 Å². The van der Waals surface area contributed by atoms with Crippen molar-refractivity contribution in [2.24, 2.45) is 5.10 Å². The number of nitrogens with one attached hydrogen (secondary N) is 1. The van der Waals surface area contributed by atoms with Crippen molar-refractivity contribution in [2.75, 3.05) is 13.2 Å². The standard InChI is InChI=1S/C25H22Cl2N2O5/c1-3-32-23-12-17(14-28-29-24(30)15-33-21-7-5-4-6-16(21)2)8-11-22(23)34-25(31)19-10-9-18(26)13-20(19)27/h4-14H,3,15H2,1-2H3,(H,29,30). The summed E-state index contributed by atoms with van der Waals surface area (Å²) in [6.45, 7) is 3.87. The molecule has 0 aromatic heterocycles. The van der Waals surface area contributed by atoms with E-state index < -0.39 is 11.9 Å². The summed E-state index contributed by atoms with van der Waals surface area (Å²) in [6.07, 6.45) is 1.44. The third-order valence-electron chi connectivity index (χ3n) is 4.48. The summed E-state index contributed by atoms with van der Waals surface area (Å²) in [4.78, 5) is 24.5. The van der Waals surface area contributed by atoms with E-state index in [9.17, 15) is 9.59 Å². The van der Waals surface area contributed by atoms with Crippen molar-refractivity contribution in [3.05, 3.63) is 87.4 Å². The molecule has 3 rings (SSSR count). The molecule has 9 heteroatoms. The van der Waals surface area contributed by atoms with E-state index in [4.69, 9.17) is 37.4 Å². The van der Waals surface area contributed by atoms with Crippen LogP contribution in [0, 0.1) is 6.92 Å². The molecule has 3 aromatic carbocycles. The smallest absolute Gasteiger partial charge is 0.345 e. The van der Waals surface area contributed by atoms with Crippen LogP contribution < -0.4 is 19.6 Å². The third-order valence-corrected chi connectivity index (χ3v) is 5.02. The summed E-state index contributed by atoms with van der Waals surface area (Å²) in [6, 6.07) is 16.8. The van der Waals surface area contributed by atoms with Crippen molar-refractivity contribution >= 4 is 41.3 Å². The van der Waals surface area contributed by atoms with Gasteiger partial charge in [-0.15, -0.1) is 0 Å². The second-order valence-corrected chi connectivity index (χ2v) is 7.84. The number of rotatable bonds is 9. The molecule has 0 saturated heterocycles. The molecule has 0 radical (unpaired) electrons. The molecule has 3 aromatic rings. The topological polar surface area (TPSA) is 86.2 Å². The lowest BCUT2D eigenvalue weighted by atomic mass is 10.2. The maximum Gasteiger partial charge on any atom is 0.345 e. The zero-order valence-corrected chi connectivity index (χ0v) is 20.0. The van der Waals surface area contributed by atoms with Gasteiger partial charge in [0.2, 0.25) is 0 Å². The fourth-order valence-corrected chi connectivity index (χ4v) is 3.33. The number of nitrogens with zero attached hydrogens (tertiary/aromatic N) is 1. The molecule has 1 N–H and O–H groups in total. The number of ether oxygens (including phenoxy) is 3. The van der Waals surface area contributed by atoms with Gasteiger partial charge in [0, 0.05) is 5.02 Å². The van der Waals surface area contributed by atoms with Crippen LogP contribution in [-0.4, -0.2) is 31.3 Å². The number of benzene rings is 3. The summed E-state index contributed by atoms with van der Waals surface area (Å²) >= 11 is 12.0. The first-order valence-corrected chi connectivity index (χ1v) is 11.1. The van der Waals surface area contributed by atoms with E-state index in [0.717, 1.165) is 5.56 Å². The Morgan fingerprint density at radius 3 is 2.50 bits per heavy atom. The number of aryl methyl sites for hydroxylation is 1. The molecule has 7 nitrogen and oxygen atoms in total. The van der Waals surface area contributed by atoms with E-state index in [1.807, 2.05) is 25.1 Å². The molecule has 0 aliphatic rings. The number of hydrogen-bond donors (Lipinski definition) is 1. The monoisotopic (exact) mass is 500 g/mol. The van der Waals surface area contributed by atoms with Gasteiger partial charge in [0.25, 0.3) is 5.91 Å². The van der Waals surface area contributed by atoms with Crippen LogP contribution in [0.15, 0.2) is 65.8 Å². The quantitative estimate of drug-likeness (QED) is 0.182. The van der Waals surface area contributed by atoms with Crippen LogP contribution in [0.5, 0.6) is 17.2 Å². The van der Waals surface area contributed by atoms with Gasteiger partial charge in [-0.1, -0.05) is 41.4 Å². The summed E-state index contributed by atoms with van der Waals surface area (Å²) in [5, 5.41) is 4.53. The van der Waals surface area contributed by atoms with Gasteiger partial charge in [-0.25, -0.2) is 10.2 Å². The Morgan fingerprint density at radius 2 is 1.76 bits per heavy atom. The summed E-state index contributed by atoms with van der Waals surface area (Å²) in [5.74, 6) is 0.123. The zero-order chi connectivity index (χ0) is 24.5. The number of carbonyl (C=O) groups is 2. The van der Waals surface area contributed by atoms with Gasteiger partial charge in [-0.2, -0.15) is 5.10 Å². The third kappa shape index (κ3) is 6.97. The first kappa shape index (κ1) is 25.1. The predicted molar refractivity (Wildman–Crippen MR) is 131 cm³/mol. The van der Waals surface area contributed by atoms with Crippen molar-refractivity contribution in [3.63, 3.8) is 0 Å². The molecule has 0 fully saturated rings. The van der Waals surface area contributed by atoms with Gasteiger partial charge in [0.15, 0.2) is 18.1 Å². The van der Waals surface area contributed by atoms with Gasteiger partial charge in [-0.05, 0) is 67.4 Å². The molecule has 0 aliphatic carbocycles. The first-order chi connectivity index (χ1) is 16.4. The first-order valence-electron chi connectivity index (χ1n) is 10.3. The highest BCUT2D eigenvalue weighted by molar-refractivity contribution is 6.36. The number of hydrogen-bond acceptors (Lipinski definition) is 6. The van der Waals surface area contributed by atoms with E-state index in [-0.39, 0.29) is 22.9 Å². The van der Waals surface area contributed by atoms with Crippen LogP contribution in [0.4, 0.5) is 0 Å². The van der Waals surface area contributed by atoms with Gasteiger partial charge >= 0.3 is 5.97 Å². The SMILES string of the molecule is CCOc1cc(C=NNC(=O)COc2ccccc2C)ccc1OC(=O)c1ccc(Cl)cc1Cl. The fraction of sp³-hybridized carbons (Fsp3) is 0.160. The number of amides is 1. The predicted octanol–water partition coefficient (Wildman–Crippen LogP) is 5.45. The van der Waals surface area contributed by atoms with Crippen LogP contribution in [0.25, 0.3) is 0 Å². The molecule has 1 amide bonds. The van der Waals surface area contributed by atoms with Crippen molar-refractivity contribution in [2.45, 2.75) is 13.8 Å². The summed E-state index contributed by atoms with van der Waals surface area (Å²) in [5.41, 5.74) is 4.13. The van der Waals surface area contributed by atoms with E-state index in [1.165, 1.54) is 18.3 Å². The highest BCUT2D eigenvalue weighted by atomic mass is 35.5. The summed E-state index contributed by atoms with van der Waals surface area (Å²) in [7, 11) is 0. The maximum absolute atomic E-state index is 12.5. The number of esters is 1. The van der Waals surface area contributed by atoms with Crippen molar-refractivity contribution in [3.8, 4) is 17.2 Å². The highest BCUT2D eigenvalue weighted by Gasteiger charge is 2.16. The minimum atomic E-state index is -0.648. The van der Waals surface area contributed by atoms with Crippen LogP contribution in [0.3, 0.4) is 0 Å². The number of hydrazone groups is 1. The van der Waals surface area contributed by atoms with Gasteiger partial charge in [0.05, 0.1) is 23.4 Å². The second-order valence-electron chi connectivity index (χ2n) is 7.00. The highest BCUT2D eigenvalue weighted by Crippen LogP contribution is 2.30. The molecule has 0 spiro atoms. The van der Waals surface area contributed by atoms with Gasteiger partial charge in [0.1, 0.15) is 5.75 Å². The molecule has 0 saturated carbocycles. The zero-order valence-electron chi connectivity index (χ0n) is 18.5. The van der Waals surface area contributed by atoms with Crippen LogP contribution >= 0.6 is 23.2 Å². The molecular formula is C25H22Cl2N2O5. The van der Waals surface area contributed by atoms with Crippen LogP contribution in [0.1, 0.15) is 28.4 Å². The lowest BCUT2D eigenvalue weighted by Crippen LogP contribution is -2.24. The largest absolute Gasteiger partial charge is 0.490 e. The minimum Gasteiger partial charge on any atom is -0.490 e. The van der Waals surface area contributed by atoms with Crippen molar-refractivity contribution in [1.29, 1.82) is 0 Å². The molecule has 0 bridgehead atoms. The molecule has 0 heterocycles. The molecule has 0 atom stereocenters. The van der Waals surface area contributed by atoms with Crippen LogP contribution in [-0.2, 0) is 4.79 Å². The fourth-order valence-electron chi connectivity index (χ4n) is 2.84. The van der Waals surface area contributed by atoms with E-state index in [0.29, 0.717) is 28.7 Å². The second kappa shape index (κ2) is 12.1. The van der Waals surface area contributed by atoms with Gasteiger partial charge in [-0.3, -0.25) is 4.79 Å². The number of halogens is 2. The van der Waals surface area contributed by atoms with E-state index in [2.05, 4.69) is 10.5 Å². The van der Waals surface area contributed by atoms with Crippen molar-refractivity contribution < 1.29 is 23.8 Å². The Bertz CT molecular complexity index is 1210. The van der Waals surface area contributed by atoms with Crippen LogP contribution in [0.2, 0.25) is 10.0 Å². The lowest BCUT2D eigenvalue weighted by Gasteiger charge is -2.12. The Balaban J connectivity index is 1.62. The normalized spacial score (nSPS) is 10.7. The minimum absolute atomic E-state index is 0.172. The Kier molecular flexibility index (Phi) is 8.90. The Morgan fingerprint density at radius 1 is 0.971 bits per heavy atom.